The van der Waals surface area contributed by atoms with E-state index in [4.69, 9.17) is 5.73 Å². The van der Waals surface area contributed by atoms with E-state index in [2.05, 4.69) is 21.2 Å². The lowest BCUT2D eigenvalue weighted by molar-refractivity contribution is 0.102. The number of nitrogens with two attached hydrogens (primary N) is 1. The molecule has 98 valence electrons. The van der Waals surface area contributed by atoms with Crippen LogP contribution in [0.3, 0.4) is 0 Å². The van der Waals surface area contributed by atoms with E-state index in [9.17, 15) is 14.3 Å². The fourth-order valence-electron chi connectivity index (χ4n) is 1.53. The number of carbonyl (C=O) groups excluding carboxylic acids is 1. The van der Waals surface area contributed by atoms with Crippen molar-refractivity contribution in [2.24, 2.45) is 0 Å². The van der Waals surface area contributed by atoms with Crippen LogP contribution in [0.15, 0.2) is 40.9 Å². The molecule has 0 spiro atoms. The first-order valence-corrected chi connectivity index (χ1v) is 6.12. The lowest BCUT2D eigenvalue weighted by Crippen LogP contribution is -2.14. The summed E-state index contributed by atoms with van der Waals surface area (Å²) in [5.41, 5.74) is 6.38. The van der Waals surface area contributed by atoms with Crippen molar-refractivity contribution in [3.05, 3.63) is 52.3 Å². The third-order valence-corrected chi connectivity index (χ3v) is 3.29. The maximum absolute atomic E-state index is 13.3. The predicted molar refractivity (Wildman–Crippen MR) is 74.6 cm³/mol. The minimum Gasteiger partial charge on any atom is -0.508 e. The van der Waals surface area contributed by atoms with Gasteiger partial charge in [-0.05, 0) is 40.2 Å². The second-order valence-corrected chi connectivity index (χ2v) is 4.62. The zero-order valence-electron chi connectivity index (χ0n) is 9.65. The standard InChI is InChI=1S/C13H10BrFN2O2/c14-12-8(2-1-3-9(12)15)13(19)17-11-5-4-7(18)6-10(11)16/h1-6,18H,16H2,(H,17,19). The number of anilines is 2. The van der Waals surface area contributed by atoms with Crippen LogP contribution in [0.25, 0.3) is 0 Å². The van der Waals surface area contributed by atoms with E-state index < -0.39 is 11.7 Å². The fourth-order valence-corrected chi connectivity index (χ4v) is 1.98. The van der Waals surface area contributed by atoms with Crippen LogP contribution in [0.4, 0.5) is 15.8 Å². The number of hydrogen-bond acceptors (Lipinski definition) is 3. The van der Waals surface area contributed by atoms with Crippen LogP contribution >= 0.6 is 15.9 Å². The van der Waals surface area contributed by atoms with E-state index in [0.29, 0.717) is 5.69 Å². The average Bonchev–Trinajstić information content (AvgIpc) is 2.36. The molecule has 0 heterocycles. The molecule has 2 aromatic rings. The van der Waals surface area contributed by atoms with Crippen LogP contribution in [0.5, 0.6) is 5.75 Å². The summed E-state index contributed by atoms with van der Waals surface area (Å²) in [5.74, 6) is -1.02. The number of amides is 1. The number of nitrogens with one attached hydrogen (secondary N) is 1. The third-order valence-electron chi connectivity index (χ3n) is 2.48. The molecule has 0 fully saturated rings. The minimum atomic E-state index is -0.522. The Bertz CT molecular complexity index is 647. The van der Waals surface area contributed by atoms with Crippen LogP contribution < -0.4 is 11.1 Å². The molecule has 0 bridgehead atoms. The summed E-state index contributed by atoms with van der Waals surface area (Å²) in [5, 5.41) is 11.8. The molecule has 0 saturated heterocycles. The number of phenolic OH excluding ortho intramolecular Hbond substituents is 1. The lowest BCUT2D eigenvalue weighted by atomic mass is 10.2. The second-order valence-electron chi connectivity index (χ2n) is 3.83. The van der Waals surface area contributed by atoms with E-state index >= 15 is 0 Å². The molecular formula is C13H10BrFN2O2. The molecule has 0 unspecified atom stereocenters. The van der Waals surface area contributed by atoms with Crippen molar-refractivity contribution in [2.45, 2.75) is 0 Å². The van der Waals surface area contributed by atoms with E-state index in [-0.39, 0.29) is 21.5 Å². The van der Waals surface area contributed by atoms with Crippen LogP contribution in [0, 0.1) is 5.82 Å². The Morgan fingerprint density at radius 2 is 2.05 bits per heavy atom. The maximum Gasteiger partial charge on any atom is 0.256 e. The first kappa shape index (κ1) is 13.4. The molecule has 19 heavy (non-hydrogen) atoms. The Morgan fingerprint density at radius 3 is 2.74 bits per heavy atom. The highest BCUT2D eigenvalue weighted by atomic mass is 79.9. The topological polar surface area (TPSA) is 75.3 Å². The highest BCUT2D eigenvalue weighted by Gasteiger charge is 2.14. The predicted octanol–water partition coefficient (Wildman–Crippen LogP) is 3.13. The van der Waals surface area contributed by atoms with Gasteiger partial charge in [0.1, 0.15) is 11.6 Å². The Kier molecular flexibility index (Phi) is 3.71. The van der Waals surface area contributed by atoms with Gasteiger partial charge in [0.05, 0.1) is 21.4 Å². The maximum atomic E-state index is 13.3. The van der Waals surface area contributed by atoms with E-state index in [1.807, 2.05) is 0 Å². The smallest absolute Gasteiger partial charge is 0.256 e. The third kappa shape index (κ3) is 2.85. The van der Waals surface area contributed by atoms with Gasteiger partial charge in [-0.2, -0.15) is 0 Å². The molecule has 0 radical (unpaired) electrons. The molecule has 0 aliphatic heterocycles. The zero-order valence-corrected chi connectivity index (χ0v) is 11.2. The molecule has 0 aliphatic carbocycles. The Balaban J connectivity index is 2.28. The Hall–Kier alpha value is -2.08. The molecule has 4 nitrogen and oxygen atoms in total. The highest BCUT2D eigenvalue weighted by molar-refractivity contribution is 9.10. The molecular weight excluding hydrogens is 315 g/mol. The average molecular weight is 325 g/mol. The van der Waals surface area contributed by atoms with Gasteiger partial charge in [0.25, 0.3) is 5.91 Å². The van der Waals surface area contributed by atoms with Crippen molar-refractivity contribution in [1.82, 2.24) is 0 Å². The molecule has 2 aromatic carbocycles. The zero-order chi connectivity index (χ0) is 14.0. The van der Waals surface area contributed by atoms with Gasteiger partial charge in [0.15, 0.2) is 0 Å². The van der Waals surface area contributed by atoms with Gasteiger partial charge in [-0.1, -0.05) is 6.07 Å². The Morgan fingerprint density at radius 1 is 1.32 bits per heavy atom. The number of rotatable bonds is 2. The molecule has 0 aromatic heterocycles. The SMILES string of the molecule is Nc1cc(O)ccc1NC(=O)c1cccc(F)c1Br. The van der Waals surface area contributed by atoms with Crippen LogP contribution in [-0.2, 0) is 0 Å². The van der Waals surface area contributed by atoms with Crippen molar-refractivity contribution in [3.8, 4) is 5.75 Å². The van der Waals surface area contributed by atoms with E-state index in [1.165, 1.54) is 36.4 Å². The number of aromatic hydroxyl groups is 1. The monoisotopic (exact) mass is 324 g/mol. The summed E-state index contributed by atoms with van der Waals surface area (Å²) in [7, 11) is 0. The highest BCUT2D eigenvalue weighted by Crippen LogP contribution is 2.26. The number of nitrogen functional groups attached to an aromatic ring is 1. The number of carbonyl (C=O) groups is 1. The molecule has 6 heteroatoms. The molecule has 0 saturated carbocycles. The van der Waals surface area contributed by atoms with Crippen molar-refractivity contribution in [1.29, 1.82) is 0 Å². The van der Waals surface area contributed by atoms with Crippen molar-refractivity contribution >= 4 is 33.2 Å². The van der Waals surface area contributed by atoms with E-state index in [0.717, 1.165) is 0 Å². The van der Waals surface area contributed by atoms with Gasteiger partial charge < -0.3 is 16.2 Å². The summed E-state index contributed by atoms with van der Waals surface area (Å²) in [6, 6.07) is 8.35. The summed E-state index contributed by atoms with van der Waals surface area (Å²) in [6.07, 6.45) is 0. The largest absolute Gasteiger partial charge is 0.508 e. The number of phenols is 1. The second kappa shape index (κ2) is 5.27. The van der Waals surface area contributed by atoms with Crippen LogP contribution in [0.2, 0.25) is 0 Å². The van der Waals surface area contributed by atoms with Gasteiger partial charge in [-0.25, -0.2) is 4.39 Å². The number of halogens is 2. The normalized spacial score (nSPS) is 10.2. The fraction of sp³-hybridized carbons (Fsp3) is 0. The van der Waals surface area contributed by atoms with Crippen molar-refractivity contribution < 1.29 is 14.3 Å². The number of benzene rings is 2. The summed E-state index contributed by atoms with van der Waals surface area (Å²) >= 11 is 3.02. The summed E-state index contributed by atoms with van der Waals surface area (Å²) < 4.78 is 13.4. The van der Waals surface area contributed by atoms with Gasteiger partial charge >= 0.3 is 0 Å². The minimum absolute atomic E-state index is 0.00225. The van der Waals surface area contributed by atoms with E-state index in [1.54, 1.807) is 0 Å². The first-order valence-electron chi connectivity index (χ1n) is 5.33. The molecule has 4 N–H and O–H groups in total. The number of hydrogen-bond donors (Lipinski definition) is 3. The molecule has 0 atom stereocenters. The quantitative estimate of drug-likeness (QED) is 0.586. The molecule has 1 amide bonds. The Labute approximate surface area is 117 Å². The molecule has 0 aliphatic rings. The van der Waals surface area contributed by atoms with Crippen molar-refractivity contribution in [2.75, 3.05) is 11.1 Å². The summed E-state index contributed by atoms with van der Waals surface area (Å²) in [4.78, 5) is 12.0. The lowest BCUT2D eigenvalue weighted by Gasteiger charge is -2.09. The van der Waals surface area contributed by atoms with Crippen LogP contribution in [-0.4, -0.2) is 11.0 Å². The van der Waals surface area contributed by atoms with Gasteiger partial charge in [-0.3, -0.25) is 4.79 Å². The van der Waals surface area contributed by atoms with Crippen LogP contribution in [0.1, 0.15) is 10.4 Å². The van der Waals surface area contributed by atoms with Gasteiger partial charge in [0, 0.05) is 6.07 Å². The summed E-state index contributed by atoms with van der Waals surface area (Å²) in [6.45, 7) is 0. The van der Waals surface area contributed by atoms with Gasteiger partial charge in [0.2, 0.25) is 0 Å². The molecule has 2 rings (SSSR count). The first-order chi connectivity index (χ1) is 8.99. The van der Waals surface area contributed by atoms with Gasteiger partial charge in [-0.15, -0.1) is 0 Å². The van der Waals surface area contributed by atoms with Crippen molar-refractivity contribution in [3.63, 3.8) is 0 Å².